The molecule has 0 saturated carbocycles. The van der Waals surface area contributed by atoms with Gasteiger partial charge in [-0.05, 0) is 50.5 Å². The van der Waals surface area contributed by atoms with Gasteiger partial charge in [0.05, 0.1) is 5.52 Å². The van der Waals surface area contributed by atoms with Crippen molar-refractivity contribution in [3.8, 4) is 0 Å². The Morgan fingerprint density at radius 3 is 2.18 bits per heavy atom. The van der Waals surface area contributed by atoms with Crippen LogP contribution in [0.4, 0.5) is 0 Å². The zero-order valence-corrected chi connectivity index (χ0v) is 10.5. The van der Waals surface area contributed by atoms with Crippen LogP contribution in [0.15, 0.2) is 18.2 Å². The van der Waals surface area contributed by atoms with Crippen LogP contribution in [0.3, 0.4) is 0 Å². The zero-order valence-electron chi connectivity index (χ0n) is 10.5. The Hall–Kier alpha value is -2.06. The van der Waals surface area contributed by atoms with Crippen molar-refractivity contribution >= 4 is 10.9 Å². The second-order valence-electron chi connectivity index (χ2n) is 4.01. The fraction of sp³-hybridized carbons (Fsp3) is 0.308. The Bertz CT molecular complexity index is 581. The van der Waals surface area contributed by atoms with Crippen LogP contribution in [0.25, 0.3) is 26.9 Å². The lowest BCUT2D eigenvalue weighted by Gasteiger charge is -2.10. The van der Waals surface area contributed by atoms with Crippen molar-refractivity contribution in [1.29, 1.82) is 0 Å². The molecule has 0 fully saturated rings. The number of nitrogens with zero attached hydrogens (tertiary/aromatic N) is 4. The normalized spacial score (nSPS) is 9.41. The lowest BCUT2D eigenvalue weighted by molar-refractivity contribution is 1.16. The molecule has 2 aromatic rings. The molecule has 88 valence electrons. The molecule has 0 aliphatic rings. The SMILES string of the molecule is Cc1nc2cccc(C)c2c(C)c1C.[N-]=[N+]=[N-]. The first-order valence-electron chi connectivity index (χ1n) is 5.34. The Balaban J connectivity index is 0.000000437. The van der Waals surface area contributed by atoms with Gasteiger partial charge in [-0.3, -0.25) is 9.90 Å². The lowest BCUT2D eigenvalue weighted by atomic mass is 10.00. The van der Waals surface area contributed by atoms with Crippen LogP contribution in [0.5, 0.6) is 0 Å². The van der Waals surface area contributed by atoms with Gasteiger partial charge in [0.15, 0.2) is 0 Å². The minimum Gasteiger partial charge on any atom is -0.373 e. The molecule has 0 radical (unpaired) electrons. The summed E-state index contributed by atoms with van der Waals surface area (Å²) in [7, 11) is 0. The van der Waals surface area contributed by atoms with E-state index in [0.717, 1.165) is 11.2 Å². The summed E-state index contributed by atoms with van der Waals surface area (Å²) in [5.74, 6) is 0. The predicted molar refractivity (Wildman–Crippen MR) is 70.8 cm³/mol. The van der Waals surface area contributed by atoms with Crippen molar-refractivity contribution in [2.45, 2.75) is 27.7 Å². The van der Waals surface area contributed by atoms with Crippen molar-refractivity contribution in [1.82, 2.24) is 4.98 Å². The smallest absolute Gasteiger partial charge is 0.0710 e. The fourth-order valence-electron chi connectivity index (χ4n) is 1.96. The molecule has 0 unspecified atom stereocenters. The molecule has 0 aliphatic heterocycles. The van der Waals surface area contributed by atoms with Crippen LogP contribution in [-0.2, 0) is 0 Å². The second kappa shape index (κ2) is 5.32. The van der Waals surface area contributed by atoms with Gasteiger partial charge in [-0.15, -0.1) is 0 Å². The van der Waals surface area contributed by atoms with Gasteiger partial charge in [0.25, 0.3) is 0 Å². The molecule has 0 spiro atoms. The highest BCUT2D eigenvalue weighted by Gasteiger charge is 2.06. The molecule has 0 N–H and O–H groups in total. The van der Waals surface area contributed by atoms with Crippen LogP contribution >= 0.6 is 0 Å². The van der Waals surface area contributed by atoms with Crippen molar-refractivity contribution in [2.24, 2.45) is 0 Å². The van der Waals surface area contributed by atoms with Gasteiger partial charge in [-0.25, -0.2) is 0 Å². The summed E-state index contributed by atoms with van der Waals surface area (Å²) in [5.41, 5.74) is 19.7. The summed E-state index contributed by atoms with van der Waals surface area (Å²) >= 11 is 0. The number of aryl methyl sites for hydroxylation is 3. The topological polar surface area (TPSA) is 71.6 Å². The molecule has 1 aromatic carbocycles. The number of aromatic nitrogens is 1. The average Bonchev–Trinajstić information content (AvgIpc) is 2.27. The number of hydrogen-bond donors (Lipinski definition) is 0. The lowest BCUT2D eigenvalue weighted by Crippen LogP contribution is -1.94. The average molecular weight is 227 g/mol. The molecular formula is C13H15N4-. The Labute approximate surface area is 101 Å². The molecular weight excluding hydrogens is 212 g/mol. The zero-order chi connectivity index (χ0) is 13.0. The first-order valence-corrected chi connectivity index (χ1v) is 5.34. The van der Waals surface area contributed by atoms with Crippen molar-refractivity contribution < 1.29 is 0 Å². The van der Waals surface area contributed by atoms with Crippen molar-refractivity contribution in [3.63, 3.8) is 0 Å². The van der Waals surface area contributed by atoms with E-state index in [2.05, 4.69) is 50.9 Å². The van der Waals surface area contributed by atoms with E-state index < -0.39 is 0 Å². The van der Waals surface area contributed by atoms with Crippen LogP contribution in [-0.4, -0.2) is 4.98 Å². The summed E-state index contributed by atoms with van der Waals surface area (Å²) in [4.78, 5) is 6.10. The highest BCUT2D eigenvalue weighted by molar-refractivity contribution is 5.86. The van der Waals surface area contributed by atoms with Gasteiger partial charge in [0, 0.05) is 11.1 Å². The largest absolute Gasteiger partial charge is 0.373 e. The molecule has 0 bridgehead atoms. The Kier molecular flexibility index (Phi) is 4.07. The number of benzene rings is 1. The summed E-state index contributed by atoms with van der Waals surface area (Å²) in [6.07, 6.45) is 0. The monoisotopic (exact) mass is 227 g/mol. The molecule has 4 nitrogen and oxygen atoms in total. The summed E-state index contributed by atoms with van der Waals surface area (Å²) < 4.78 is 0. The molecule has 2 rings (SSSR count). The number of hydrogen-bond acceptors (Lipinski definition) is 1. The van der Waals surface area contributed by atoms with E-state index in [-0.39, 0.29) is 0 Å². The van der Waals surface area contributed by atoms with Crippen LogP contribution < -0.4 is 0 Å². The second-order valence-corrected chi connectivity index (χ2v) is 4.01. The highest BCUT2D eigenvalue weighted by Crippen LogP contribution is 2.24. The van der Waals surface area contributed by atoms with Gasteiger partial charge in [0.1, 0.15) is 0 Å². The molecule has 0 aliphatic carbocycles. The van der Waals surface area contributed by atoms with Crippen LogP contribution in [0, 0.1) is 27.7 Å². The maximum atomic E-state index is 6.75. The van der Waals surface area contributed by atoms with E-state index >= 15 is 0 Å². The highest BCUT2D eigenvalue weighted by atomic mass is 15.0. The van der Waals surface area contributed by atoms with E-state index in [0.29, 0.717) is 0 Å². The van der Waals surface area contributed by atoms with Crippen molar-refractivity contribution in [2.75, 3.05) is 0 Å². The molecule has 0 amide bonds. The third-order valence-corrected chi connectivity index (χ3v) is 3.02. The van der Waals surface area contributed by atoms with Gasteiger partial charge in [-0.2, -0.15) is 0 Å². The molecule has 17 heavy (non-hydrogen) atoms. The minimum atomic E-state index is 1.12. The third-order valence-electron chi connectivity index (χ3n) is 3.02. The number of rotatable bonds is 0. The van der Waals surface area contributed by atoms with Crippen LogP contribution in [0.2, 0.25) is 0 Å². The molecule has 4 heteroatoms. The minimum absolute atomic E-state index is 1.12. The summed E-state index contributed by atoms with van der Waals surface area (Å²) in [5, 5.41) is 1.32. The number of fused-ring (bicyclic) bond motifs is 1. The van der Waals surface area contributed by atoms with E-state index in [1.54, 1.807) is 0 Å². The van der Waals surface area contributed by atoms with E-state index in [4.69, 9.17) is 11.1 Å². The van der Waals surface area contributed by atoms with E-state index in [9.17, 15) is 0 Å². The summed E-state index contributed by atoms with van der Waals surface area (Å²) in [6, 6.07) is 6.30. The van der Waals surface area contributed by atoms with Gasteiger partial charge in [0.2, 0.25) is 0 Å². The fourth-order valence-corrected chi connectivity index (χ4v) is 1.96. The first kappa shape index (κ1) is 13.0. The first-order chi connectivity index (χ1) is 8.02. The molecule has 1 aromatic heterocycles. The van der Waals surface area contributed by atoms with Gasteiger partial charge >= 0.3 is 0 Å². The Morgan fingerprint density at radius 1 is 1.00 bits per heavy atom. The standard InChI is InChI=1S/C13H15N.N3/c1-8-6-5-7-12-13(8)10(3)9(2)11(4)14-12;1-3-2/h5-7H,1-4H3;/q;-1. The van der Waals surface area contributed by atoms with E-state index in [1.807, 2.05) is 0 Å². The van der Waals surface area contributed by atoms with Gasteiger partial charge < -0.3 is 11.1 Å². The number of pyridine rings is 1. The van der Waals surface area contributed by atoms with Gasteiger partial charge in [-0.1, -0.05) is 12.1 Å². The van der Waals surface area contributed by atoms with Crippen LogP contribution in [0.1, 0.15) is 22.4 Å². The predicted octanol–water partition coefficient (Wildman–Crippen LogP) is 4.33. The molecule has 0 atom stereocenters. The van der Waals surface area contributed by atoms with Crippen molar-refractivity contribution in [3.05, 3.63) is 56.6 Å². The molecule has 1 heterocycles. The Morgan fingerprint density at radius 2 is 1.59 bits per heavy atom. The quantitative estimate of drug-likeness (QED) is 0.375. The third kappa shape index (κ3) is 2.55. The maximum Gasteiger partial charge on any atom is 0.0710 e. The molecule has 0 saturated heterocycles. The summed E-state index contributed by atoms with van der Waals surface area (Å²) in [6.45, 7) is 8.54. The maximum absolute atomic E-state index is 6.75. The van der Waals surface area contributed by atoms with E-state index in [1.165, 1.54) is 27.0 Å².